The van der Waals surface area contributed by atoms with Crippen LogP contribution in [-0.4, -0.2) is 36.2 Å². The molecule has 0 aliphatic heterocycles. The first-order valence-corrected chi connectivity index (χ1v) is 8.62. The van der Waals surface area contributed by atoms with Gasteiger partial charge in [0.05, 0.1) is 16.4 Å². The Morgan fingerprint density at radius 3 is 2.25 bits per heavy atom. The van der Waals surface area contributed by atoms with E-state index in [0.717, 1.165) is 49.0 Å². The van der Waals surface area contributed by atoms with Crippen LogP contribution in [0.3, 0.4) is 0 Å². The van der Waals surface area contributed by atoms with Gasteiger partial charge in [-0.1, -0.05) is 5.16 Å². The quantitative estimate of drug-likeness (QED) is 0.392. The van der Waals surface area contributed by atoms with Gasteiger partial charge in [-0.15, -0.1) is 35.3 Å². The van der Waals surface area contributed by atoms with Gasteiger partial charge in [-0.3, -0.25) is 4.99 Å². The molecule has 0 aromatic carbocycles. The van der Waals surface area contributed by atoms with Crippen molar-refractivity contribution in [1.82, 2.24) is 20.8 Å². The van der Waals surface area contributed by atoms with Gasteiger partial charge in [-0.25, -0.2) is 4.98 Å². The first kappa shape index (κ1) is 20.9. The zero-order valence-corrected chi connectivity index (χ0v) is 18.0. The van der Waals surface area contributed by atoms with Crippen LogP contribution in [0.1, 0.15) is 32.6 Å². The van der Waals surface area contributed by atoms with Crippen molar-refractivity contribution in [2.45, 2.75) is 40.5 Å². The Hall–Kier alpha value is -1.16. The fourth-order valence-corrected chi connectivity index (χ4v) is 3.25. The lowest BCUT2D eigenvalue weighted by Gasteiger charge is -2.11. The van der Waals surface area contributed by atoms with E-state index in [-0.39, 0.29) is 24.0 Å². The highest BCUT2D eigenvalue weighted by Gasteiger charge is 2.09. The molecular weight excluding hydrogens is 437 g/mol. The minimum Gasteiger partial charge on any atom is -0.361 e. The van der Waals surface area contributed by atoms with Crippen LogP contribution in [0, 0.1) is 27.7 Å². The number of hydrogen-bond donors (Lipinski definition) is 2. The van der Waals surface area contributed by atoms with E-state index in [1.807, 2.05) is 13.8 Å². The molecule has 0 saturated heterocycles. The van der Waals surface area contributed by atoms with E-state index in [4.69, 9.17) is 4.52 Å². The van der Waals surface area contributed by atoms with Crippen LogP contribution in [0.5, 0.6) is 0 Å². The van der Waals surface area contributed by atoms with Gasteiger partial charge in [-0.2, -0.15) is 0 Å². The molecule has 0 atom stereocenters. The van der Waals surface area contributed by atoms with Crippen LogP contribution >= 0.6 is 35.3 Å². The van der Waals surface area contributed by atoms with Crippen LogP contribution in [0.2, 0.25) is 0 Å². The lowest BCUT2D eigenvalue weighted by Crippen LogP contribution is -2.39. The summed E-state index contributed by atoms with van der Waals surface area (Å²) in [5.74, 6) is 1.70. The van der Waals surface area contributed by atoms with Crippen LogP contribution in [-0.2, 0) is 12.8 Å². The minimum absolute atomic E-state index is 0. The molecule has 0 radical (unpaired) electrons. The summed E-state index contributed by atoms with van der Waals surface area (Å²) in [4.78, 5) is 10.1. The van der Waals surface area contributed by atoms with Gasteiger partial charge >= 0.3 is 0 Å². The molecule has 2 heterocycles. The van der Waals surface area contributed by atoms with Crippen molar-refractivity contribution in [3.63, 3.8) is 0 Å². The summed E-state index contributed by atoms with van der Waals surface area (Å²) in [5.41, 5.74) is 3.26. The van der Waals surface area contributed by atoms with E-state index >= 15 is 0 Å². The molecule has 24 heavy (non-hydrogen) atoms. The molecule has 8 heteroatoms. The predicted octanol–water partition coefficient (Wildman–Crippen LogP) is 2.93. The predicted molar refractivity (Wildman–Crippen MR) is 110 cm³/mol. The number of nitrogens with one attached hydrogen (secondary N) is 2. The zero-order chi connectivity index (χ0) is 16.8. The molecule has 0 bridgehead atoms. The molecule has 0 aliphatic rings. The Morgan fingerprint density at radius 1 is 1.08 bits per heavy atom. The number of guanidine groups is 1. The third-order valence-electron chi connectivity index (χ3n) is 3.78. The number of hydrogen-bond acceptors (Lipinski definition) is 5. The fourth-order valence-electron chi connectivity index (χ4n) is 2.32. The molecule has 0 amide bonds. The number of rotatable bonds is 6. The molecule has 0 aliphatic carbocycles. The Bertz CT molecular complexity index is 641. The van der Waals surface area contributed by atoms with Gasteiger partial charge in [0.15, 0.2) is 5.96 Å². The van der Waals surface area contributed by atoms with Crippen molar-refractivity contribution >= 4 is 41.3 Å². The molecule has 2 N–H and O–H groups in total. The molecule has 0 fully saturated rings. The van der Waals surface area contributed by atoms with Crippen LogP contribution in [0.25, 0.3) is 0 Å². The third-order valence-corrected chi connectivity index (χ3v) is 4.91. The third kappa shape index (κ3) is 5.73. The maximum absolute atomic E-state index is 5.18. The van der Waals surface area contributed by atoms with Crippen LogP contribution in [0.15, 0.2) is 9.52 Å². The van der Waals surface area contributed by atoms with Gasteiger partial charge in [-0.05, 0) is 34.1 Å². The van der Waals surface area contributed by atoms with E-state index in [9.17, 15) is 0 Å². The molecular formula is C16H26IN5OS. The highest BCUT2D eigenvalue weighted by atomic mass is 127. The van der Waals surface area contributed by atoms with E-state index < -0.39 is 0 Å². The van der Waals surface area contributed by atoms with Crippen molar-refractivity contribution < 1.29 is 4.52 Å². The van der Waals surface area contributed by atoms with Gasteiger partial charge in [0, 0.05) is 37.0 Å². The summed E-state index contributed by atoms with van der Waals surface area (Å²) >= 11 is 1.76. The summed E-state index contributed by atoms with van der Waals surface area (Å²) < 4.78 is 5.18. The number of aromatic nitrogens is 2. The van der Waals surface area contributed by atoms with Gasteiger partial charge in [0.25, 0.3) is 0 Å². The first-order valence-electron chi connectivity index (χ1n) is 7.80. The molecule has 2 rings (SSSR count). The molecule has 2 aromatic rings. The van der Waals surface area contributed by atoms with E-state index in [1.165, 1.54) is 15.4 Å². The normalized spacial score (nSPS) is 11.3. The molecule has 0 saturated carbocycles. The average molecular weight is 463 g/mol. The van der Waals surface area contributed by atoms with Crippen molar-refractivity contribution in [2.24, 2.45) is 4.99 Å². The molecule has 0 spiro atoms. The Kier molecular flexibility index (Phi) is 8.68. The smallest absolute Gasteiger partial charge is 0.191 e. The molecule has 0 unspecified atom stereocenters. The van der Waals surface area contributed by atoms with Crippen molar-refractivity contribution in [3.8, 4) is 0 Å². The van der Waals surface area contributed by atoms with E-state index in [1.54, 1.807) is 18.4 Å². The monoisotopic (exact) mass is 463 g/mol. The molecule has 134 valence electrons. The maximum Gasteiger partial charge on any atom is 0.191 e. The molecule has 6 nitrogen and oxygen atoms in total. The summed E-state index contributed by atoms with van der Waals surface area (Å²) in [6.45, 7) is 9.68. The Morgan fingerprint density at radius 2 is 1.75 bits per heavy atom. The number of aryl methyl sites for hydroxylation is 4. The van der Waals surface area contributed by atoms with Gasteiger partial charge in [0.1, 0.15) is 5.76 Å². The van der Waals surface area contributed by atoms with Crippen LogP contribution in [0.4, 0.5) is 0 Å². The number of nitrogens with zero attached hydrogens (tertiary/aromatic N) is 3. The first-order chi connectivity index (χ1) is 11.0. The highest BCUT2D eigenvalue weighted by molar-refractivity contribution is 14.0. The number of thiazole rings is 1. The topological polar surface area (TPSA) is 75.3 Å². The summed E-state index contributed by atoms with van der Waals surface area (Å²) in [6, 6.07) is 0. The van der Waals surface area contributed by atoms with Gasteiger partial charge < -0.3 is 15.2 Å². The number of aliphatic imine (C=N–C) groups is 1. The second-order valence-corrected chi connectivity index (χ2v) is 6.77. The Balaban J connectivity index is 0.00000288. The van der Waals surface area contributed by atoms with Crippen molar-refractivity contribution in [1.29, 1.82) is 0 Å². The standard InChI is InChI=1S/C16H25N5OS.HI/c1-10-13(4)23-15(20-10)7-9-19-16(17-5)18-8-6-14-11(2)21-22-12(14)3;/h6-9H2,1-5H3,(H2,17,18,19);1H. The average Bonchev–Trinajstić information content (AvgIpc) is 3.01. The fraction of sp³-hybridized carbons (Fsp3) is 0.562. The van der Waals surface area contributed by atoms with Crippen molar-refractivity contribution in [2.75, 3.05) is 20.1 Å². The zero-order valence-electron chi connectivity index (χ0n) is 14.9. The van der Waals surface area contributed by atoms with E-state index in [2.05, 4.69) is 39.6 Å². The van der Waals surface area contributed by atoms with Crippen molar-refractivity contribution in [3.05, 3.63) is 32.6 Å². The SMILES string of the molecule is CN=C(NCCc1nc(C)c(C)s1)NCCc1c(C)noc1C.I. The largest absolute Gasteiger partial charge is 0.361 e. The van der Waals surface area contributed by atoms with Gasteiger partial charge in [0.2, 0.25) is 0 Å². The minimum atomic E-state index is 0. The lowest BCUT2D eigenvalue weighted by molar-refractivity contribution is 0.392. The summed E-state index contributed by atoms with van der Waals surface area (Å²) in [7, 11) is 1.78. The Labute approximate surface area is 164 Å². The number of halogens is 1. The second kappa shape index (κ2) is 9.97. The van der Waals surface area contributed by atoms with Crippen LogP contribution < -0.4 is 10.6 Å². The maximum atomic E-state index is 5.18. The lowest BCUT2D eigenvalue weighted by atomic mass is 10.1. The summed E-state index contributed by atoms with van der Waals surface area (Å²) in [5, 5.41) is 11.8. The van der Waals surface area contributed by atoms with E-state index in [0.29, 0.717) is 0 Å². The molecule has 2 aromatic heterocycles. The second-order valence-electron chi connectivity index (χ2n) is 5.48. The summed E-state index contributed by atoms with van der Waals surface area (Å²) in [6.07, 6.45) is 1.77. The highest BCUT2D eigenvalue weighted by Crippen LogP contribution is 2.16.